The molecule has 0 aliphatic rings. The van der Waals surface area contributed by atoms with E-state index in [0.717, 1.165) is 19.6 Å². The number of para-hydroxylation sites is 1. The Morgan fingerprint density at radius 3 is 2.18 bits per heavy atom. The molecule has 0 saturated carbocycles. The molecule has 2 heteroatoms. The maximum absolute atomic E-state index is 3.40. The van der Waals surface area contributed by atoms with Gasteiger partial charge in [-0.25, -0.2) is 0 Å². The molecule has 0 bridgehead atoms. The van der Waals surface area contributed by atoms with E-state index in [-0.39, 0.29) is 0 Å². The largest absolute Gasteiger partial charge is 0.379 e. The Morgan fingerprint density at radius 2 is 1.47 bits per heavy atom. The molecule has 0 heterocycles. The van der Waals surface area contributed by atoms with Gasteiger partial charge in [-0.3, -0.25) is 0 Å². The zero-order chi connectivity index (χ0) is 11.8. The predicted molar refractivity (Wildman–Crippen MR) is 71.9 cm³/mol. The van der Waals surface area contributed by atoms with E-state index in [4.69, 9.17) is 0 Å². The first-order valence-corrected chi connectivity index (χ1v) is 6.09. The minimum Gasteiger partial charge on any atom is -0.379 e. The number of nitrogens with two attached hydrogens (primary N) is 1. The first kappa shape index (κ1) is 11.7. The van der Waals surface area contributed by atoms with E-state index >= 15 is 0 Å². The molecular weight excluding hydrogens is 208 g/mol. The molecule has 0 aliphatic carbocycles. The van der Waals surface area contributed by atoms with E-state index in [9.17, 15) is 0 Å². The number of quaternary nitrogens is 1. The fourth-order valence-electron chi connectivity index (χ4n) is 1.76. The molecule has 2 aromatic carbocycles. The number of nitrogens with one attached hydrogen (secondary N) is 1. The highest BCUT2D eigenvalue weighted by Gasteiger charge is 1.94. The lowest BCUT2D eigenvalue weighted by molar-refractivity contribution is -0.668. The van der Waals surface area contributed by atoms with Crippen molar-refractivity contribution in [1.29, 1.82) is 0 Å². The van der Waals surface area contributed by atoms with Crippen LogP contribution in [0, 0.1) is 0 Å². The highest BCUT2D eigenvalue weighted by atomic mass is 14.9. The predicted octanol–water partition coefficient (Wildman–Crippen LogP) is 1.86. The summed E-state index contributed by atoms with van der Waals surface area (Å²) in [6, 6.07) is 20.9. The van der Waals surface area contributed by atoms with Crippen molar-refractivity contribution < 1.29 is 5.32 Å². The van der Waals surface area contributed by atoms with Crippen LogP contribution in [0.3, 0.4) is 0 Å². The molecule has 0 spiro atoms. The Hall–Kier alpha value is -1.80. The normalized spacial score (nSPS) is 10.1. The fourth-order valence-corrected chi connectivity index (χ4v) is 1.76. The van der Waals surface area contributed by atoms with Crippen LogP contribution in [0.15, 0.2) is 60.7 Å². The van der Waals surface area contributed by atoms with Gasteiger partial charge >= 0.3 is 0 Å². The van der Waals surface area contributed by atoms with Gasteiger partial charge in [0, 0.05) is 11.3 Å². The first-order chi connectivity index (χ1) is 8.45. The van der Waals surface area contributed by atoms with Gasteiger partial charge in [0.15, 0.2) is 0 Å². The lowest BCUT2D eigenvalue weighted by Gasteiger charge is -2.05. The van der Waals surface area contributed by atoms with Crippen LogP contribution >= 0.6 is 0 Å². The molecule has 17 heavy (non-hydrogen) atoms. The van der Waals surface area contributed by atoms with Gasteiger partial charge < -0.3 is 10.6 Å². The summed E-state index contributed by atoms with van der Waals surface area (Å²) in [6.45, 7) is 3.14. The second-order valence-electron chi connectivity index (χ2n) is 4.06. The second kappa shape index (κ2) is 6.71. The van der Waals surface area contributed by atoms with Gasteiger partial charge in [-0.2, -0.15) is 0 Å². The topological polar surface area (TPSA) is 28.6 Å². The maximum Gasteiger partial charge on any atom is 0.101 e. The Kier molecular flexibility index (Phi) is 4.61. The Labute approximate surface area is 103 Å². The monoisotopic (exact) mass is 227 g/mol. The maximum atomic E-state index is 3.40. The summed E-state index contributed by atoms with van der Waals surface area (Å²) in [4.78, 5) is 0. The van der Waals surface area contributed by atoms with Crippen molar-refractivity contribution in [3.05, 3.63) is 66.2 Å². The summed E-state index contributed by atoms with van der Waals surface area (Å²) in [6.07, 6.45) is 0. The van der Waals surface area contributed by atoms with E-state index in [1.807, 2.05) is 6.07 Å². The number of rotatable bonds is 6. The van der Waals surface area contributed by atoms with Crippen LogP contribution in [0.1, 0.15) is 5.56 Å². The minimum atomic E-state index is 0.997. The first-order valence-electron chi connectivity index (χ1n) is 6.09. The van der Waals surface area contributed by atoms with Gasteiger partial charge in [0.05, 0.1) is 13.1 Å². The van der Waals surface area contributed by atoms with Crippen LogP contribution in [0.25, 0.3) is 0 Å². The Bertz CT molecular complexity index is 370. The summed E-state index contributed by atoms with van der Waals surface area (Å²) < 4.78 is 0. The lowest BCUT2D eigenvalue weighted by Crippen LogP contribution is -2.83. The number of benzene rings is 2. The van der Waals surface area contributed by atoms with Crippen molar-refractivity contribution >= 4 is 5.69 Å². The summed E-state index contributed by atoms with van der Waals surface area (Å²) >= 11 is 0. The SMILES string of the molecule is c1ccc(C[NH2+]CCNc2ccccc2)cc1. The molecule has 0 atom stereocenters. The van der Waals surface area contributed by atoms with E-state index in [0.29, 0.717) is 0 Å². The number of hydrogen-bond acceptors (Lipinski definition) is 1. The van der Waals surface area contributed by atoms with Gasteiger partial charge in [0.1, 0.15) is 6.54 Å². The molecule has 0 fully saturated rings. The molecular formula is C15H19N2+. The van der Waals surface area contributed by atoms with Crippen LogP contribution < -0.4 is 10.6 Å². The number of anilines is 1. The molecule has 0 radical (unpaired) electrons. The summed E-state index contributed by atoms with van der Waals surface area (Å²) in [5.41, 5.74) is 2.58. The molecule has 2 nitrogen and oxygen atoms in total. The third-order valence-electron chi connectivity index (χ3n) is 2.67. The standard InChI is InChI=1S/C15H18N2/c1-3-7-14(8-4-1)13-16-11-12-17-15-9-5-2-6-10-15/h1-10,16-17H,11-13H2/p+1. The van der Waals surface area contributed by atoms with Crippen molar-refractivity contribution in [2.75, 3.05) is 18.4 Å². The molecule has 0 saturated heterocycles. The summed E-state index contributed by atoms with van der Waals surface area (Å²) in [7, 11) is 0. The van der Waals surface area contributed by atoms with Crippen LogP contribution in [0.2, 0.25) is 0 Å². The second-order valence-corrected chi connectivity index (χ2v) is 4.06. The highest BCUT2D eigenvalue weighted by Crippen LogP contribution is 2.03. The van der Waals surface area contributed by atoms with Crippen LogP contribution in [-0.4, -0.2) is 13.1 Å². The van der Waals surface area contributed by atoms with Gasteiger partial charge in [-0.15, -0.1) is 0 Å². The highest BCUT2D eigenvalue weighted by molar-refractivity contribution is 5.42. The zero-order valence-corrected chi connectivity index (χ0v) is 9.97. The molecule has 2 aromatic rings. The molecule has 3 N–H and O–H groups in total. The van der Waals surface area contributed by atoms with Gasteiger partial charge in [-0.05, 0) is 12.1 Å². The van der Waals surface area contributed by atoms with E-state index in [2.05, 4.69) is 65.2 Å². The Balaban J connectivity index is 1.61. The van der Waals surface area contributed by atoms with Crippen molar-refractivity contribution in [1.82, 2.24) is 0 Å². The average Bonchev–Trinajstić information content (AvgIpc) is 2.41. The molecule has 2 rings (SSSR count). The molecule has 0 amide bonds. The minimum absolute atomic E-state index is 0.997. The smallest absolute Gasteiger partial charge is 0.101 e. The van der Waals surface area contributed by atoms with E-state index in [1.165, 1.54) is 11.3 Å². The lowest BCUT2D eigenvalue weighted by atomic mass is 10.2. The van der Waals surface area contributed by atoms with Crippen molar-refractivity contribution in [2.24, 2.45) is 0 Å². The molecule has 88 valence electrons. The Morgan fingerprint density at radius 1 is 0.824 bits per heavy atom. The van der Waals surface area contributed by atoms with Crippen molar-refractivity contribution in [3.63, 3.8) is 0 Å². The molecule has 0 unspecified atom stereocenters. The van der Waals surface area contributed by atoms with E-state index < -0.39 is 0 Å². The van der Waals surface area contributed by atoms with Crippen molar-refractivity contribution in [3.8, 4) is 0 Å². The molecule has 0 aliphatic heterocycles. The average molecular weight is 227 g/mol. The van der Waals surface area contributed by atoms with Crippen LogP contribution in [0.4, 0.5) is 5.69 Å². The molecule has 0 aromatic heterocycles. The van der Waals surface area contributed by atoms with Gasteiger partial charge in [-0.1, -0.05) is 48.5 Å². The van der Waals surface area contributed by atoms with Gasteiger partial charge in [0.25, 0.3) is 0 Å². The van der Waals surface area contributed by atoms with Crippen LogP contribution in [-0.2, 0) is 6.54 Å². The quantitative estimate of drug-likeness (QED) is 0.725. The van der Waals surface area contributed by atoms with Gasteiger partial charge in [0.2, 0.25) is 0 Å². The third-order valence-corrected chi connectivity index (χ3v) is 2.67. The zero-order valence-electron chi connectivity index (χ0n) is 9.97. The third kappa shape index (κ3) is 4.29. The number of hydrogen-bond donors (Lipinski definition) is 2. The fraction of sp³-hybridized carbons (Fsp3) is 0.200. The van der Waals surface area contributed by atoms with Crippen LogP contribution in [0.5, 0.6) is 0 Å². The van der Waals surface area contributed by atoms with Crippen molar-refractivity contribution in [2.45, 2.75) is 6.54 Å². The van der Waals surface area contributed by atoms with E-state index in [1.54, 1.807) is 0 Å². The summed E-state index contributed by atoms with van der Waals surface area (Å²) in [5.74, 6) is 0. The summed E-state index contributed by atoms with van der Waals surface area (Å²) in [5, 5.41) is 5.72.